The molecule has 0 atom stereocenters. The van der Waals surface area contributed by atoms with Gasteiger partial charge in [-0.05, 0) is 18.1 Å². The molecule has 0 bridgehead atoms. The zero-order chi connectivity index (χ0) is 12.8. The van der Waals surface area contributed by atoms with Gasteiger partial charge < -0.3 is 11.1 Å². The van der Waals surface area contributed by atoms with Gasteiger partial charge in [0.2, 0.25) is 0 Å². The zero-order valence-corrected chi connectivity index (χ0v) is 11.1. The van der Waals surface area contributed by atoms with Crippen LogP contribution >= 0.6 is 12.2 Å². The maximum atomic E-state index is 13.6. The molecule has 0 unspecified atom stereocenters. The Hall–Kier alpha value is -1.16. The number of anilines is 1. The smallest absolute Gasteiger partial charge is 0.135 e. The topological polar surface area (TPSA) is 38.0 Å². The van der Waals surface area contributed by atoms with E-state index in [1.54, 1.807) is 12.1 Å². The Labute approximate surface area is 107 Å². The van der Waals surface area contributed by atoms with Crippen LogP contribution in [0.5, 0.6) is 0 Å². The summed E-state index contributed by atoms with van der Waals surface area (Å²) in [6.45, 7) is 5.11. The van der Waals surface area contributed by atoms with Crippen LogP contribution in [0.3, 0.4) is 0 Å². The van der Waals surface area contributed by atoms with Gasteiger partial charge in [0.15, 0.2) is 0 Å². The lowest BCUT2D eigenvalue weighted by Crippen LogP contribution is -2.18. The first kappa shape index (κ1) is 13.9. The fourth-order valence-corrected chi connectivity index (χ4v) is 1.96. The molecule has 1 aromatic rings. The minimum Gasteiger partial charge on any atom is -0.389 e. The number of nitrogens with two attached hydrogens (primary N) is 1. The van der Waals surface area contributed by atoms with Crippen LogP contribution in [0.25, 0.3) is 0 Å². The van der Waals surface area contributed by atoms with E-state index in [2.05, 4.69) is 19.2 Å². The molecule has 0 aliphatic heterocycles. The fourth-order valence-electron chi connectivity index (χ4n) is 1.75. The predicted molar refractivity (Wildman–Crippen MR) is 74.8 cm³/mol. The van der Waals surface area contributed by atoms with Gasteiger partial charge in [0.1, 0.15) is 10.8 Å². The molecular formula is C13H19FN2S. The lowest BCUT2D eigenvalue weighted by molar-refractivity contribution is 0.519. The van der Waals surface area contributed by atoms with Crippen LogP contribution in [-0.2, 0) is 0 Å². The van der Waals surface area contributed by atoms with Crippen LogP contribution in [-0.4, -0.2) is 11.5 Å². The molecule has 0 amide bonds. The summed E-state index contributed by atoms with van der Waals surface area (Å²) < 4.78 is 13.6. The van der Waals surface area contributed by atoms with Gasteiger partial charge in [-0.2, -0.15) is 0 Å². The number of thiocarbonyl (C=S) groups is 1. The van der Waals surface area contributed by atoms with Crippen LogP contribution in [0.15, 0.2) is 18.2 Å². The molecule has 4 heteroatoms. The first-order valence-electron chi connectivity index (χ1n) is 5.92. The highest BCUT2D eigenvalue weighted by molar-refractivity contribution is 7.80. The molecule has 17 heavy (non-hydrogen) atoms. The fraction of sp³-hybridized carbons (Fsp3) is 0.462. The highest BCUT2D eigenvalue weighted by atomic mass is 32.1. The molecule has 0 spiro atoms. The summed E-state index contributed by atoms with van der Waals surface area (Å²) in [6.07, 6.45) is 2.20. The Kier molecular flexibility index (Phi) is 5.35. The summed E-state index contributed by atoms with van der Waals surface area (Å²) in [5.74, 6) is 0.213. The molecule has 0 aliphatic carbocycles. The van der Waals surface area contributed by atoms with Gasteiger partial charge in [0, 0.05) is 12.2 Å². The number of benzene rings is 1. The normalized spacial score (nSPS) is 10.6. The Morgan fingerprint density at radius 1 is 1.41 bits per heavy atom. The molecule has 3 N–H and O–H groups in total. The highest BCUT2D eigenvalue weighted by Gasteiger charge is 2.11. The van der Waals surface area contributed by atoms with Crippen molar-refractivity contribution in [3.05, 3.63) is 29.6 Å². The number of halogens is 1. The van der Waals surface area contributed by atoms with E-state index in [0.717, 1.165) is 19.4 Å². The maximum Gasteiger partial charge on any atom is 0.135 e. The van der Waals surface area contributed by atoms with Crippen molar-refractivity contribution in [1.29, 1.82) is 0 Å². The minimum absolute atomic E-state index is 0.0927. The molecule has 1 aromatic carbocycles. The van der Waals surface area contributed by atoms with Crippen molar-refractivity contribution in [3.8, 4) is 0 Å². The summed E-state index contributed by atoms with van der Waals surface area (Å²) >= 11 is 4.87. The Morgan fingerprint density at radius 2 is 2.06 bits per heavy atom. The second-order valence-electron chi connectivity index (χ2n) is 4.09. The maximum absolute atomic E-state index is 13.6. The second kappa shape index (κ2) is 6.55. The van der Waals surface area contributed by atoms with Crippen molar-refractivity contribution in [1.82, 2.24) is 0 Å². The van der Waals surface area contributed by atoms with Crippen LogP contribution < -0.4 is 11.1 Å². The van der Waals surface area contributed by atoms with Gasteiger partial charge in [-0.15, -0.1) is 0 Å². The van der Waals surface area contributed by atoms with E-state index in [4.69, 9.17) is 18.0 Å². The van der Waals surface area contributed by atoms with Gasteiger partial charge in [0.05, 0.1) is 5.56 Å². The van der Waals surface area contributed by atoms with E-state index < -0.39 is 0 Å². The van der Waals surface area contributed by atoms with Crippen molar-refractivity contribution in [3.63, 3.8) is 0 Å². The third-order valence-corrected chi connectivity index (χ3v) is 3.20. The summed E-state index contributed by atoms with van der Waals surface area (Å²) in [4.78, 5) is 0.0927. The Morgan fingerprint density at radius 3 is 2.59 bits per heavy atom. The van der Waals surface area contributed by atoms with Gasteiger partial charge in [-0.25, -0.2) is 4.39 Å². The van der Waals surface area contributed by atoms with E-state index in [-0.39, 0.29) is 10.8 Å². The second-order valence-corrected chi connectivity index (χ2v) is 4.53. The molecule has 0 aliphatic rings. The monoisotopic (exact) mass is 254 g/mol. The number of hydrogen-bond donors (Lipinski definition) is 2. The van der Waals surface area contributed by atoms with Crippen molar-refractivity contribution < 1.29 is 4.39 Å². The average Bonchev–Trinajstić information content (AvgIpc) is 2.29. The van der Waals surface area contributed by atoms with Crippen molar-refractivity contribution >= 4 is 22.9 Å². The lowest BCUT2D eigenvalue weighted by atomic mass is 10.0. The van der Waals surface area contributed by atoms with Gasteiger partial charge in [0.25, 0.3) is 0 Å². The van der Waals surface area contributed by atoms with E-state index >= 15 is 0 Å². The van der Waals surface area contributed by atoms with E-state index in [0.29, 0.717) is 17.2 Å². The highest BCUT2D eigenvalue weighted by Crippen LogP contribution is 2.20. The van der Waals surface area contributed by atoms with E-state index in [9.17, 15) is 4.39 Å². The Bertz CT molecular complexity index is 389. The molecule has 0 saturated carbocycles. The first-order valence-corrected chi connectivity index (χ1v) is 6.33. The summed E-state index contributed by atoms with van der Waals surface area (Å²) in [6, 6.07) is 4.84. The number of nitrogens with one attached hydrogen (secondary N) is 1. The van der Waals surface area contributed by atoms with E-state index in [1.807, 2.05) is 0 Å². The molecule has 0 saturated heterocycles. The molecule has 0 fully saturated rings. The standard InChI is InChI=1S/C13H19FN2S/c1-3-9(4-2)8-16-11-7-5-6-10(14)12(11)13(15)17/h5-7,9,16H,3-4,8H2,1-2H3,(H2,15,17). The molecule has 0 aromatic heterocycles. The molecule has 0 heterocycles. The third kappa shape index (κ3) is 3.66. The van der Waals surface area contributed by atoms with Gasteiger partial charge >= 0.3 is 0 Å². The van der Waals surface area contributed by atoms with Crippen LogP contribution in [0, 0.1) is 11.7 Å². The number of hydrogen-bond acceptors (Lipinski definition) is 2. The summed E-state index contributed by atoms with van der Waals surface area (Å²) in [5, 5.41) is 3.23. The summed E-state index contributed by atoms with van der Waals surface area (Å²) in [7, 11) is 0. The Balaban J connectivity index is 2.84. The van der Waals surface area contributed by atoms with Crippen molar-refractivity contribution in [2.75, 3.05) is 11.9 Å². The van der Waals surface area contributed by atoms with E-state index in [1.165, 1.54) is 6.07 Å². The van der Waals surface area contributed by atoms with Crippen LogP contribution in [0.1, 0.15) is 32.3 Å². The molecule has 2 nitrogen and oxygen atoms in total. The predicted octanol–water partition coefficient (Wildman–Crippen LogP) is 3.31. The van der Waals surface area contributed by atoms with Gasteiger partial charge in [-0.3, -0.25) is 0 Å². The summed E-state index contributed by atoms with van der Waals surface area (Å²) in [5.41, 5.74) is 6.54. The minimum atomic E-state index is -0.368. The van der Waals surface area contributed by atoms with Crippen molar-refractivity contribution in [2.24, 2.45) is 11.7 Å². The molecule has 94 valence electrons. The van der Waals surface area contributed by atoms with Crippen LogP contribution in [0.2, 0.25) is 0 Å². The average molecular weight is 254 g/mol. The largest absolute Gasteiger partial charge is 0.389 e. The van der Waals surface area contributed by atoms with Crippen molar-refractivity contribution in [2.45, 2.75) is 26.7 Å². The molecule has 1 rings (SSSR count). The zero-order valence-electron chi connectivity index (χ0n) is 10.3. The quantitative estimate of drug-likeness (QED) is 0.765. The lowest BCUT2D eigenvalue weighted by Gasteiger charge is -2.16. The molecule has 0 radical (unpaired) electrons. The number of rotatable bonds is 6. The van der Waals surface area contributed by atoms with Gasteiger partial charge in [-0.1, -0.05) is 45.0 Å². The SMILES string of the molecule is CCC(CC)CNc1cccc(F)c1C(N)=S. The third-order valence-electron chi connectivity index (χ3n) is 3.00. The van der Waals surface area contributed by atoms with Crippen LogP contribution in [0.4, 0.5) is 10.1 Å². The molecular weight excluding hydrogens is 235 g/mol. The first-order chi connectivity index (χ1) is 8.10.